The van der Waals surface area contributed by atoms with Crippen molar-refractivity contribution in [2.75, 3.05) is 13.2 Å². The lowest BCUT2D eigenvalue weighted by Gasteiger charge is -2.27. The van der Waals surface area contributed by atoms with Crippen LogP contribution in [0.15, 0.2) is 53.9 Å². The van der Waals surface area contributed by atoms with Crippen molar-refractivity contribution >= 4 is 40.2 Å². The average molecular weight is 454 g/mol. The summed E-state index contributed by atoms with van der Waals surface area (Å²) >= 11 is 12.4. The summed E-state index contributed by atoms with van der Waals surface area (Å²) in [5, 5.41) is 0.537. The van der Waals surface area contributed by atoms with Crippen LogP contribution in [0.1, 0.15) is 18.1 Å². The minimum absolute atomic E-state index is 0.181. The highest BCUT2D eigenvalue weighted by molar-refractivity contribution is 7.83. The molecule has 1 unspecified atom stereocenters. The normalized spacial score (nSPS) is 15.4. The maximum atomic E-state index is 13.3. The molecule has 8 heteroatoms. The lowest BCUT2D eigenvalue weighted by atomic mass is 9.97. The van der Waals surface area contributed by atoms with Gasteiger partial charge in [0.1, 0.15) is 23.1 Å². The van der Waals surface area contributed by atoms with Crippen molar-refractivity contribution in [1.29, 1.82) is 0 Å². The second-order valence-corrected chi connectivity index (χ2v) is 8.64. The standard InChI is InChI=1S/C21H21Cl2NO4S/c1-3-9-28-19-17(23)10-16(22)11-18(19)29(26)24-21(20(25)27-4-2)12-14-7-5-6-8-15(14)13-21/h3,5-8,10-11,24H,1,4,9,12-13H2,2H3. The first-order chi connectivity index (χ1) is 13.9. The molecule has 1 N–H and O–H groups in total. The number of ether oxygens (including phenoxy) is 2. The summed E-state index contributed by atoms with van der Waals surface area (Å²) < 4.78 is 27.2. The van der Waals surface area contributed by atoms with Gasteiger partial charge in [0.15, 0.2) is 5.75 Å². The molecule has 0 fully saturated rings. The van der Waals surface area contributed by atoms with Crippen LogP contribution in [-0.2, 0) is 33.4 Å². The zero-order valence-electron chi connectivity index (χ0n) is 15.9. The van der Waals surface area contributed by atoms with E-state index in [1.807, 2.05) is 24.3 Å². The summed E-state index contributed by atoms with van der Waals surface area (Å²) in [4.78, 5) is 13.1. The van der Waals surface area contributed by atoms with Crippen molar-refractivity contribution in [2.24, 2.45) is 0 Å². The summed E-state index contributed by atoms with van der Waals surface area (Å²) in [6.07, 6.45) is 2.29. The Morgan fingerprint density at radius 1 is 1.28 bits per heavy atom. The second kappa shape index (κ2) is 9.30. The van der Waals surface area contributed by atoms with Crippen LogP contribution in [0.3, 0.4) is 0 Å². The smallest absolute Gasteiger partial charge is 0.327 e. The number of hydrogen-bond acceptors (Lipinski definition) is 4. The van der Waals surface area contributed by atoms with E-state index in [2.05, 4.69) is 11.3 Å². The molecule has 0 saturated carbocycles. The Kier molecular flexibility index (Phi) is 7.01. The van der Waals surface area contributed by atoms with Crippen LogP contribution >= 0.6 is 23.2 Å². The Labute approximate surface area is 182 Å². The molecule has 2 aromatic carbocycles. The molecule has 3 rings (SSSR count). The first-order valence-corrected chi connectivity index (χ1v) is 11.0. The molecule has 0 amide bonds. The van der Waals surface area contributed by atoms with Crippen LogP contribution in [0.25, 0.3) is 0 Å². The zero-order valence-corrected chi connectivity index (χ0v) is 18.2. The molecule has 0 spiro atoms. The molecule has 5 nitrogen and oxygen atoms in total. The number of hydrogen-bond donors (Lipinski definition) is 1. The quantitative estimate of drug-likeness (QED) is 0.478. The molecule has 0 aliphatic heterocycles. The molecule has 0 saturated heterocycles. The summed E-state index contributed by atoms with van der Waals surface area (Å²) in [6.45, 7) is 5.75. The zero-order chi connectivity index (χ0) is 21.0. The topological polar surface area (TPSA) is 64.6 Å². The van der Waals surface area contributed by atoms with Crippen molar-refractivity contribution in [3.05, 3.63) is 70.2 Å². The van der Waals surface area contributed by atoms with Gasteiger partial charge in [-0.05, 0) is 30.2 Å². The molecular formula is C21H21Cl2NO4S. The monoisotopic (exact) mass is 453 g/mol. The average Bonchev–Trinajstić information content (AvgIpc) is 3.06. The van der Waals surface area contributed by atoms with E-state index in [0.29, 0.717) is 17.9 Å². The molecule has 29 heavy (non-hydrogen) atoms. The van der Waals surface area contributed by atoms with Gasteiger partial charge >= 0.3 is 5.97 Å². The number of rotatable bonds is 8. The van der Waals surface area contributed by atoms with Crippen LogP contribution < -0.4 is 9.46 Å². The number of carbonyl (C=O) groups is 1. The van der Waals surface area contributed by atoms with Gasteiger partial charge < -0.3 is 9.47 Å². The second-order valence-electron chi connectivity index (χ2n) is 6.61. The van der Waals surface area contributed by atoms with E-state index >= 15 is 0 Å². The lowest BCUT2D eigenvalue weighted by Crippen LogP contribution is -2.54. The maximum Gasteiger partial charge on any atom is 0.327 e. The van der Waals surface area contributed by atoms with Crippen molar-refractivity contribution < 1.29 is 18.5 Å². The Hall–Kier alpha value is -1.86. The van der Waals surface area contributed by atoms with Gasteiger partial charge in [0.25, 0.3) is 0 Å². The van der Waals surface area contributed by atoms with Gasteiger partial charge in [0.2, 0.25) is 0 Å². The van der Waals surface area contributed by atoms with Crippen molar-refractivity contribution in [1.82, 2.24) is 4.72 Å². The van der Waals surface area contributed by atoms with Crippen molar-refractivity contribution in [3.8, 4) is 5.75 Å². The molecule has 154 valence electrons. The summed E-state index contributed by atoms with van der Waals surface area (Å²) in [5.74, 6) is -0.220. The van der Waals surface area contributed by atoms with Gasteiger partial charge in [-0.15, -0.1) is 0 Å². The fourth-order valence-electron chi connectivity index (χ4n) is 3.33. The number of halogens is 2. The van der Waals surface area contributed by atoms with E-state index < -0.39 is 22.5 Å². The predicted molar refractivity (Wildman–Crippen MR) is 115 cm³/mol. The molecule has 1 aliphatic rings. The van der Waals surface area contributed by atoms with Crippen LogP contribution in [-0.4, -0.2) is 28.9 Å². The minimum Gasteiger partial charge on any atom is -0.487 e. The van der Waals surface area contributed by atoms with Gasteiger partial charge in [-0.25, -0.2) is 13.7 Å². The van der Waals surface area contributed by atoms with Gasteiger partial charge in [-0.3, -0.25) is 0 Å². The fourth-order valence-corrected chi connectivity index (χ4v) is 5.26. The van der Waals surface area contributed by atoms with E-state index in [1.54, 1.807) is 13.0 Å². The SMILES string of the molecule is C=CCOc1c(Cl)cc(Cl)cc1S(=O)NC1(C(=O)OCC)Cc2ccccc2C1. The largest absolute Gasteiger partial charge is 0.487 e. The van der Waals surface area contributed by atoms with Crippen LogP contribution in [0.5, 0.6) is 5.75 Å². The molecule has 1 aliphatic carbocycles. The third-order valence-electron chi connectivity index (χ3n) is 4.58. The highest BCUT2D eigenvalue weighted by Gasteiger charge is 2.46. The van der Waals surface area contributed by atoms with Crippen LogP contribution in [0.4, 0.5) is 0 Å². The molecule has 0 heterocycles. The first kappa shape index (κ1) is 21.8. The predicted octanol–water partition coefficient (Wildman–Crippen LogP) is 4.27. The fraction of sp³-hybridized carbons (Fsp3) is 0.286. The number of fused-ring (bicyclic) bond motifs is 1. The number of carbonyl (C=O) groups excluding carboxylic acids is 1. The van der Waals surface area contributed by atoms with Crippen molar-refractivity contribution in [3.63, 3.8) is 0 Å². The number of esters is 1. The van der Waals surface area contributed by atoms with E-state index in [-0.39, 0.29) is 28.9 Å². The molecule has 0 aromatic heterocycles. The minimum atomic E-state index is -1.84. The Bertz CT molecular complexity index is 939. The Morgan fingerprint density at radius 3 is 2.52 bits per heavy atom. The first-order valence-electron chi connectivity index (χ1n) is 9.06. The summed E-state index contributed by atoms with van der Waals surface area (Å²) in [7, 11) is -1.84. The Morgan fingerprint density at radius 2 is 1.93 bits per heavy atom. The number of nitrogens with one attached hydrogen (secondary N) is 1. The highest BCUT2D eigenvalue weighted by Crippen LogP contribution is 2.37. The van der Waals surface area contributed by atoms with Crippen molar-refractivity contribution in [2.45, 2.75) is 30.2 Å². The molecular weight excluding hydrogens is 433 g/mol. The highest BCUT2D eigenvalue weighted by atomic mass is 35.5. The molecule has 1 atom stereocenters. The van der Waals surface area contributed by atoms with Crippen LogP contribution in [0.2, 0.25) is 10.0 Å². The Balaban J connectivity index is 1.96. The third-order valence-corrected chi connectivity index (χ3v) is 6.35. The van der Waals surface area contributed by atoms with E-state index in [4.69, 9.17) is 32.7 Å². The molecule has 0 radical (unpaired) electrons. The summed E-state index contributed by atoms with van der Waals surface area (Å²) in [5.41, 5.74) is 0.865. The number of benzene rings is 2. The maximum absolute atomic E-state index is 13.3. The van der Waals surface area contributed by atoms with E-state index in [0.717, 1.165) is 11.1 Å². The van der Waals surface area contributed by atoms with Gasteiger partial charge in [0, 0.05) is 17.9 Å². The van der Waals surface area contributed by atoms with E-state index in [9.17, 15) is 9.00 Å². The lowest BCUT2D eigenvalue weighted by molar-refractivity contribution is -0.150. The van der Waals surface area contributed by atoms with E-state index in [1.165, 1.54) is 12.1 Å². The van der Waals surface area contributed by atoms with Gasteiger partial charge in [-0.1, -0.05) is 60.1 Å². The molecule has 2 aromatic rings. The van der Waals surface area contributed by atoms with Gasteiger partial charge in [-0.2, -0.15) is 0 Å². The molecule has 0 bridgehead atoms. The van der Waals surface area contributed by atoms with Crippen LogP contribution in [0, 0.1) is 0 Å². The third kappa shape index (κ3) is 4.67. The summed E-state index contributed by atoms with van der Waals surface area (Å²) in [6, 6.07) is 10.8. The van der Waals surface area contributed by atoms with Gasteiger partial charge in [0.05, 0.1) is 16.5 Å².